The fourth-order valence-electron chi connectivity index (χ4n) is 9.40. The summed E-state index contributed by atoms with van der Waals surface area (Å²) in [7, 11) is -2.17. The molecule has 0 saturated carbocycles. The van der Waals surface area contributed by atoms with E-state index >= 15 is 0 Å². The monoisotopic (exact) mass is 1670 g/mol. The van der Waals surface area contributed by atoms with Crippen molar-refractivity contribution in [1.82, 2.24) is 15.3 Å². The normalized spacial score (nSPS) is 12.9. The Balaban J connectivity index is -0.000000618. The average Bonchev–Trinajstić information content (AvgIpc) is 0.790. The van der Waals surface area contributed by atoms with E-state index in [1.165, 1.54) is 32.6 Å². The van der Waals surface area contributed by atoms with E-state index in [0.29, 0.717) is 69.3 Å². The van der Waals surface area contributed by atoms with Gasteiger partial charge in [0.25, 0.3) is 0 Å². The SMILES string of the molecule is CC.CC.CC.CC(=O)CCO.CC(C)CCCCCCNC(=O)CCCCCN(N)/C1=C(\N)c2ccccc2CN(C=O)c2ccccc21.CCCC(C)=O.OCCCCCCOP(O)O.[NH-]CCCCCN(N)/C1=C(\N)c2ccccc2C[N-]c2ccccc21.[W].[W]. The molecule has 6 rings (SSSR count). The van der Waals surface area contributed by atoms with Crippen LogP contribution < -0.4 is 33.4 Å². The summed E-state index contributed by atoms with van der Waals surface area (Å²) >= 11 is 0. The zero-order valence-corrected chi connectivity index (χ0v) is 65.6. The van der Waals surface area contributed by atoms with Gasteiger partial charge >= 0.3 is 8.60 Å². The van der Waals surface area contributed by atoms with Gasteiger partial charge in [-0.3, -0.25) is 14.4 Å². The second-order valence-corrected chi connectivity index (χ2v) is 22.5. The largest absolute Gasteiger partial charge is 0.680 e. The number of amides is 2. The fourth-order valence-corrected chi connectivity index (χ4v) is 9.69. The molecule has 19 nitrogen and oxygen atoms in total. The second kappa shape index (κ2) is 62.9. The molecule has 0 bridgehead atoms. The third-order valence-corrected chi connectivity index (χ3v) is 14.4. The summed E-state index contributed by atoms with van der Waals surface area (Å²) in [5, 5.41) is 27.7. The summed E-state index contributed by atoms with van der Waals surface area (Å²) in [6, 6.07) is 31.7. The maximum Gasteiger partial charge on any atom is 0.327 e. The van der Waals surface area contributed by atoms with Crippen molar-refractivity contribution in [3.05, 3.63) is 141 Å². The third-order valence-electron chi connectivity index (χ3n) is 13.9. The van der Waals surface area contributed by atoms with E-state index < -0.39 is 8.60 Å². The van der Waals surface area contributed by atoms with Gasteiger partial charge in [0.15, 0.2) is 0 Å². The summed E-state index contributed by atoms with van der Waals surface area (Å²) in [4.78, 5) is 62.4. The van der Waals surface area contributed by atoms with Gasteiger partial charge in [0, 0.05) is 111 Å². The molecule has 0 aliphatic carbocycles. The molecule has 2 aliphatic rings. The molecule has 0 aromatic heterocycles. The molecule has 14 N–H and O–H groups in total. The van der Waals surface area contributed by atoms with Crippen molar-refractivity contribution in [3.8, 4) is 0 Å². The van der Waals surface area contributed by atoms with Crippen molar-refractivity contribution in [1.29, 1.82) is 0 Å². The Morgan fingerprint density at radius 1 is 0.628 bits per heavy atom. The number of anilines is 1. The zero-order chi connectivity index (χ0) is 69.5. The van der Waals surface area contributed by atoms with E-state index in [1.807, 2.05) is 139 Å². The Labute approximate surface area is 596 Å². The average molecular weight is 1670 g/mol. The van der Waals surface area contributed by atoms with Crippen LogP contribution in [-0.4, -0.2) is 99.9 Å². The van der Waals surface area contributed by atoms with Crippen molar-refractivity contribution >= 4 is 66.6 Å². The molecular formula is C72H121N10O9PW2-2. The Bertz CT molecular complexity index is 2620. The van der Waals surface area contributed by atoms with E-state index in [0.717, 1.165) is 153 Å². The molecule has 2 amide bonds. The first kappa shape index (κ1) is 95.5. The first-order valence-corrected chi connectivity index (χ1v) is 34.8. The van der Waals surface area contributed by atoms with Crippen molar-refractivity contribution < 1.29 is 85.8 Å². The quantitative estimate of drug-likeness (QED) is 0.00721. The first-order valence-electron chi connectivity index (χ1n) is 33.7. The molecule has 4 aromatic rings. The Morgan fingerprint density at radius 2 is 1.11 bits per heavy atom. The van der Waals surface area contributed by atoms with Gasteiger partial charge in [-0.2, -0.15) is 6.54 Å². The van der Waals surface area contributed by atoms with Crippen LogP contribution in [0.15, 0.2) is 97.1 Å². The van der Waals surface area contributed by atoms with Gasteiger partial charge in [0.05, 0.1) is 41.6 Å². The number of carbonyl (C=O) groups is 4. The number of unbranched alkanes of at least 4 members (excludes halogenated alkanes) is 10. The summed E-state index contributed by atoms with van der Waals surface area (Å²) in [6.45, 7) is 25.8. The van der Waals surface area contributed by atoms with Crippen molar-refractivity contribution in [2.24, 2.45) is 29.1 Å². The zero-order valence-electron chi connectivity index (χ0n) is 58.9. The second-order valence-electron chi connectivity index (χ2n) is 21.7. The smallest absolute Gasteiger partial charge is 0.327 e. The van der Waals surface area contributed by atoms with Crippen LogP contribution in [0.5, 0.6) is 0 Å². The van der Waals surface area contributed by atoms with E-state index in [4.69, 9.17) is 54.2 Å². The predicted molar refractivity (Wildman–Crippen MR) is 386 cm³/mol. The van der Waals surface area contributed by atoms with E-state index in [-0.39, 0.29) is 72.8 Å². The summed E-state index contributed by atoms with van der Waals surface area (Å²) in [5.41, 5.74) is 30.9. The van der Waals surface area contributed by atoms with Crippen LogP contribution in [0.2, 0.25) is 0 Å². The number of Topliss-reactive ketones (excluding diaryl/α,β-unsaturated/α-hetero) is 2. The number of hydrogen-bond donors (Lipinski definition) is 9. The summed E-state index contributed by atoms with van der Waals surface area (Å²) in [5.74, 6) is 14.2. The van der Waals surface area contributed by atoms with Crippen LogP contribution in [0.4, 0.5) is 11.4 Å². The molecule has 0 fully saturated rings. The number of ketones is 2. The minimum atomic E-state index is -2.17. The number of hydrazine groups is 2. The number of rotatable bonds is 32. The summed E-state index contributed by atoms with van der Waals surface area (Å²) in [6.07, 6.45) is 18.4. The molecule has 4 aromatic carbocycles. The van der Waals surface area contributed by atoms with Crippen molar-refractivity contribution in [3.63, 3.8) is 0 Å². The van der Waals surface area contributed by atoms with Crippen LogP contribution in [0.25, 0.3) is 33.8 Å². The molecule has 0 spiro atoms. The molecule has 0 atom stereocenters. The fraction of sp³-hybridized carbons (Fsp3) is 0.556. The Hall–Kier alpha value is -4.87. The van der Waals surface area contributed by atoms with E-state index in [1.54, 1.807) is 21.8 Å². The minimum absolute atomic E-state index is 0. The topological polar surface area (TPSA) is 322 Å². The van der Waals surface area contributed by atoms with Gasteiger partial charge < -0.3 is 72.1 Å². The minimum Gasteiger partial charge on any atom is -0.680 e. The van der Waals surface area contributed by atoms with Crippen molar-refractivity contribution in [2.45, 2.75) is 211 Å². The maximum absolute atomic E-state index is 12.2. The van der Waals surface area contributed by atoms with Crippen LogP contribution >= 0.6 is 8.60 Å². The number of benzene rings is 4. The number of hydrogen-bond acceptors (Lipinski definition) is 15. The molecule has 0 radical (unpaired) electrons. The van der Waals surface area contributed by atoms with Gasteiger partial charge in [-0.1, -0.05) is 217 Å². The van der Waals surface area contributed by atoms with Gasteiger partial charge in [0.1, 0.15) is 11.6 Å². The number of fused-ring (bicyclic) bond motifs is 4. The Morgan fingerprint density at radius 3 is 1.62 bits per heavy atom. The Kier molecular flexibility index (Phi) is 63.9. The number of aliphatic hydroxyl groups excluding tert-OH is 2. The number of nitrogens with one attached hydrogen (secondary N) is 2. The molecule has 532 valence electrons. The van der Waals surface area contributed by atoms with Gasteiger partial charge in [0.2, 0.25) is 12.3 Å². The first-order chi connectivity index (χ1) is 44.4. The predicted octanol–water partition coefficient (Wildman–Crippen LogP) is 15.0. The molecule has 2 heterocycles. The van der Waals surface area contributed by atoms with Crippen LogP contribution in [0, 0.1) is 5.92 Å². The maximum atomic E-state index is 12.2. The number of nitrogens with zero attached hydrogens (tertiary/aromatic N) is 4. The van der Waals surface area contributed by atoms with E-state index in [2.05, 4.69) is 29.8 Å². The molecule has 0 saturated heterocycles. The molecule has 94 heavy (non-hydrogen) atoms. The number of aliphatic hydroxyl groups is 2. The van der Waals surface area contributed by atoms with E-state index in [9.17, 15) is 19.2 Å². The molecule has 22 heteroatoms. The van der Waals surface area contributed by atoms with Crippen LogP contribution in [0.1, 0.15) is 232 Å². The van der Waals surface area contributed by atoms with Crippen LogP contribution in [-0.2, 0) is 78.9 Å². The molecule has 0 unspecified atom stereocenters. The van der Waals surface area contributed by atoms with Crippen LogP contribution in [0.3, 0.4) is 0 Å². The summed E-state index contributed by atoms with van der Waals surface area (Å²) < 4.78 is 4.54. The van der Waals surface area contributed by atoms with Gasteiger partial charge in [-0.15, -0.1) is 12.2 Å². The standard InChI is InChI=1S/C31H45N5O2.C20H25N5.C6H15O4P.C5H10O.C4H8O2.3C2H6.2W/c1-24(2)14-6-3-4-12-20-34-29(38)19-7-5-13-21-36(33)31-27-17-10-11-18-28(27)35(23-37)22-25-15-8-9-16-26(25)30(31)32;21-12-6-1-7-13-25(23)20-17-10-4-5-11-18(17)24-14-15-8-2-3-9-16(15)19(20)22;7-5-3-1-2-4-6-10-11(8)9;1-3-4-5(2)6;1-4(6)2-3-5;3*1-2;;/h8-11,15-18,23-24H,3-7,12-14,19-22,32-33H2,1-2H3,(H,34,38);2-5,8-11,21H,1,6-7,12-14,22-23H2;7-9H,1-6H2;3-4H2,1-2H3;5H,2-3H2,1H3;3*1-2H3;;/q;-2;;;;;;;;/b31-30-;20-19-;;;;;;;;. The van der Waals surface area contributed by atoms with Gasteiger partial charge in [-0.25, -0.2) is 11.7 Å². The number of nitrogens with two attached hydrogens (primary N) is 4. The molecular weight excluding hydrogens is 1550 g/mol. The van der Waals surface area contributed by atoms with Gasteiger partial charge in [-0.05, 0) is 81.9 Å². The number of carbonyl (C=O) groups excluding carboxylic acids is 4. The molecule has 2 aliphatic heterocycles. The number of para-hydroxylation sites is 2. The van der Waals surface area contributed by atoms with Crippen molar-refractivity contribution in [2.75, 3.05) is 50.9 Å². The third kappa shape index (κ3) is 41.9.